The van der Waals surface area contributed by atoms with Crippen molar-refractivity contribution in [2.45, 2.75) is 19.4 Å². The molecule has 0 saturated heterocycles. The van der Waals surface area contributed by atoms with Crippen LogP contribution < -0.4 is 4.74 Å². The highest BCUT2D eigenvalue weighted by Gasteiger charge is 2.25. The van der Waals surface area contributed by atoms with Gasteiger partial charge in [0.25, 0.3) is 5.82 Å². The number of fused-ring (bicyclic) bond motifs is 1. The Bertz CT molecular complexity index is 949. The molecule has 1 aliphatic heterocycles. The van der Waals surface area contributed by atoms with Gasteiger partial charge >= 0.3 is 0 Å². The highest BCUT2D eigenvalue weighted by atomic mass is 19.1. The van der Waals surface area contributed by atoms with Gasteiger partial charge in [0.05, 0.1) is 13.2 Å². The molecule has 0 amide bonds. The number of halogens is 1. The van der Waals surface area contributed by atoms with Gasteiger partial charge in [0, 0.05) is 16.7 Å². The number of hydrogen-bond acceptors (Lipinski definition) is 5. The summed E-state index contributed by atoms with van der Waals surface area (Å²) in [5.41, 5.74) is 2.15. The average molecular weight is 336 g/mol. The minimum Gasteiger partial charge on any atom is -0.460 e. The van der Waals surface area contributed by atoms with Crippen molar-refractivity contribution in [1.29, 1.82) is 5.26 Å². The monoisotopic (exact) mass is 336 g/mol. The predicted molar refractivity (Wildman–Crippen MR) is 84.8 cm³/mol. The van der Waals surface area contributed by atoms with E-state index in [1.54, 1.807) is 0 Å². The molecule has 0 saturated carbocycles. The van der Waals surface area contributed by atoms with Crippen LogP contribution in [0.2, 0.25) is 0 Å². The van der Waals surface area contributed by atoms with Crippen LogP contribution in [0.1, 0.15) is 28.8 Å². The number of rotatable bonds is 3. The standard InChI is InChI=1S/C18H13FN4O2/c19-15-6-13(9-23-11-21-16(8-20)22-23)17-14(7-15)10-24-18(25-17)12-4-2-1-3-5-12/h1-7,11,18H,9-10H2/t18-/m0/s1. The molecule has 0 N–H and O–H groups in total. The zero-order valence-corrected chi connectivity index (χ0v) is 13.1. The lowest BCUT2D eigenvalue weighted by Gasteiger charge is -2.28. The fourth-order valence-electron chi connectivity index (χ4n) is 2.77. The molecule has 124 valence electrons. The number of nitriles is 1. The van der Waals surface area contributed by atoms with Crippen LogP contribution in [0.25, 0.3) is 0 Å². The van der Waals surface area contributed by atoms with Crippen LogP contribution >= 0.6 is 0 Å². The normalized spacial score (nSPS) is 15.9. The molecule has 1 atom stereocenters. The summed E-state index contributed by atoms with van der Waals surface area (Å²) in [5, 5.41) is 12.8. The first-order chi connectivity index (χ1) is 12.2. The second kappa shape index (κ2) is 6.34. The summed E-state index contributed by atoms with van der Waals surface area (Å²) in [5.74, 6) is 0.270. The first kappa shape index (κ1) is 15.3. The van der Waals surface area contributed by atoms with Crippen LogP contribution in [0.15, 0.2) is 48.8 Å². The van der Waals surface area contributed by atoms with Gasteiger partial charge in [-0.15, -0.1) is 5.10 Å². The van der Waals surface area contributed by atoms with Crippen molar-refractivity contribution < 1.29 is 13.9 Å². The van der Waals surface area contributed by atoms with Crippen molar-refractivity contribution in [1.82, 2.24) is 14.8 Å². The van der Waals surface area contributed by atoms with E-state index >= 15 is 0 Å². The van der Waals surface area contributed by atoms with Crippen LogP contribution in [0.5, 0.6) is 5.75 Å². The van der Waals surface area contributed by atoms with Crippen molar-refractivity contribution in [3.63, 3.8) is 0 Å². The van der Waals surface area contributed by atoms with E-state index < -0.39 is 6.29 Å². The van der Waals surface area contributed by atoms with Gasteiger partial charge in [0.2, 0.25) is 6.29 Å². The molecule has 2 aromatic carbocycles. The quantitative estimate of drug-likeness (QED) is 0.735. The van der Waals surface area contributed by atoms with E-state index in [0.717, 1.165) is 5.56 Å². The van der Waals surface area contributed by atoms with Crippen molar-refractivity contribution in [2.75, 3.05) is 0 Å². The first-order valence-corrected chi connectivity index (χ1v) is 7.67. The van der Waals surface area contributed by atoms with Crippen LogP contribution in [0, 0.1) is 17.1 Å². The van der Waals surface area contributed by atoms with Gasteiger partial charge in [-0.25, -0.2) is 14.1 Å². The molecular weight excluding hydrogens is 323 g/mol. The molecular formula is C18H13FN4O2. The predicted octanol–water partition coefficient (Wildman–Crippen LogP) is 2.94. The molecule has 7 heteroatoms. The third-order valence-electron chi connectivity index (χ3n) is 3.86. The van der Waals surface area contributed by atoms with E-state index in [-0.39, 0.29) is 24.8 Å². The maximum absolute atomic E-state index is 13.9. The summed E-state index contributed by atoms with van der Waals surface area (Å²) in [7, 11) is 0. The minimum atomic E-state index is -0.552. The average Bonchev–Trinajstić information content (AvgIpc) is 3.10. The van der Waals surface area contributed by atoms with E-state index in [4.69, 9.17) is 14.7 Å². The Morgan fingerprint density at radius 3 is 2.88 bits per heavy atom. The van der Waals surface area contributed by atoms with E-state index in [9.17, 15) is 4.39 Å². The molecule has 6 nitrogen and oxygen atoms in total. The van der Waals surface area contributed by atoms with Gasteiger partial charge in [0.1, 0.15) is 24.0 Å². The molecule has 25 heavy (non-hydrogen) atoms. The molecule has 3 aromatic rings. The Morgan fingerprint density at radius 1 is 1.28 bits per heavy atom. The van der Waals surface area contributed by atoms with Gasteiger partial charge in [0.15, 0.2) is 0 Å². The summed E-state index contributed by atoms with van der Waals surface area (Å²) >= 11 is 0. The van der Waals surface area contributed by atoms with E-state index in [2.05, 4.69) is 10.1 Å². The summed E-state index contributed by atoms with van der Waals surface area (Å²) in [4.78, 5) is 3.86. The molecule has 0 fully saturated rings. The van der Waals surface area contributed by atoms with Crippen LogP contribution in [0.3, 0.4) is 0 Å². The molecule has 4 rings (SSSR count). The van der Waals surface area contributed by atoms with Gasteiger partial charge in [-0.3, -0.25) is 0 Å². The van der Waals surface area contributed by atoms with Gasteiger partial charge in [-0.1, -0.05) is 30.3 Å². The molecule has 1 aliphatic rings. The SMILES string of the molecule is N#Cc1ncn(Cc2cc(F)cc3c2O[C@@H](c2ccccc2)OC3)n1. The largest absolute Gasteiger partial charge is 0.460 e. The number of ether oxygens (including phenoxy) is 2. The second-order valence-corrected chi connectivity index (χ2v) is 5.60. The Balaban J connectivity index is 1.67. The fraction of sp³-hybridized carbons (Fsp3) is 0.167. The molecule has 0 bridgehead atoms. The second-order valence-electron chi connectivity index (χ2n) is 5.60. The lowest BCUT2D eigenvalue weighted by molar-refractivity contribution is -0.112. The third kappa shape index (κ3) is 3.07. The zero-order valence-electron chi connectivity index (χ0n) is 13.1. The smallest absolute Gasteiger partial charge is 0.252 e. The van der Waals surface area contributed by atoms with Crippen molar-refractivity contribution in [3.8, 4) is 11.8 Å². The minimum absolute atomic E-state index is 0.0664. The molecule has 1 aromatic heterocycles. The zero-order chi connectivity index (χ0) is 17.2. The highest BCUT2D eigenvalue weighted by molar-refractivity contribution is 5.43. The van der Waals surface area contributed by atoms with Crippen molar-refractivity contribution in [2.24, 2.45) is 0 Å². The van der Waals surface area contributed by atoms with Gasteiger partial charge in [-0.2, -0.15) is 5.26 Å². The summed E-state index contributed by atoms with van der Waals surface area (Å²) in [6.07, 6.45) is 0.882. The van der Waals surface area contributed by atoms with E-state index in [1.165, 1.54) is 23.1 Å². The number of aromatic nitrogens is 3. The van der Waals surface area contributed by atoms with Crippen molar-refractivity contribution >= 4 is 0 Å². The Labute approximate surface area is 143 Å². The summed E-state index contributed by atoms with van der Waals surface area (Å²) in [6.45, 7) is 0.497. The van der Waals surface area contributed by atoms with Crippen LogP contribution in [0.4, 0.5) is 4.39 Å². The number of nitrogens with zero attached hydrogens (tertiary/aromatic N) is 4. The highest BCUT2D eigenvalue weighted by Crippen LogP contribution is 2.36. The van der Waals surface area contributed by atoms with Gasteiger partial charge in [-0.05, 0) is 12.1 Å². The molecule has 0 unspecified atom stereocenters. The Hall–Kier alpha value is -3.24. The maximum atomic E-state index is 13.9. The van der Waals surface area contributed by atoms with Crippen LogP contribution in [-0.2, 0) is 17.9 Å². The fourth-order valence-corrected chi connectivity index (χ4v) is 2.77. The molecule has 0 aliphatic carbocycles. The number of hydrogen-bond donors (Lipinski definition) is 0. The molecule has 0 spiro atoms. The lowest BCUT2D eigenvalue weighted by atomic mass is 10.1. The maximum Gasteiger partial charge on any atom is 0.252 e. The summed E-state index contributed by atoms with van der Waals surface area (Å²) < 4.78 is 27.1. The molecule has 2 heterocycles. The molecule has 0 radical (unpaired) electrons. The third-order valence-corrected chi connectivity index (χ3v) is 3.86. The first-order valence-electron chi connectivity index (χ1n) is 7.67. The number of benzene rings is 2. The topological polar surface area (TPSA) is 73.0 Å². The van der Waals surface area contributed by atoms with Crippen molar-refractivity contribution in [3.05, 3.63) is 77.1 Å². The summed E-state index contributed by atoms with van der Waals surface area (Å²) in [6, 6.07) is 14.2. The van der Waals surface area contributed by atoms with Crippen LogP contribution in [-0.4, -0.2) is 14.8 Å². The lowest BCUT2D eigenvalue weighted by Crippen LogP contribution is -2.20. The Kier molecular flexibility index (Phi) is 3.88. The van der Waals surface area contributed by atoms with E-state index in [1.807, 2.05) is 36.4 Å². The van der Waals surface area contributed by atoms with E-state index in [0.29, 0.717) is 16.9 Å². The van der Waals surface area contributed by atoms with Gasteiger partial charge < -0.3 is 9.47 Å². The Morgan fingerprint density at radius 2 is 2.12 bits per heavy atom.